The third-order valence-electron chi connectivity index (χ3n) is 3.38. The highest BCUT2D eigenvalue weighted by Gasteiger charge is 2.18. The predicted molar refractivity (Wildman–Crippen MR) is 78.0 cm³/mol. The topological polar surface area (TPSA) is 29.3 Å². The van der Waals surface area contributed by atoms with Crippen LogP contribution in [0.3, 0.4) is 0 Å². The van der Waals surface area contributed by atoms with Gasteiger partial charge in [0.05, 0.1) is 4.47 Å². The fourth-order valence-electron chi connectivity index (χ4n) is 2.04. The maximum atomic E-state index is 13.6. The number of nitrogens with two attached hydrogens (primary N) is 1. The van der Waals surface area contributed by atoms with Gasteiger partial charge in [0.1, 0.15) is 5.82 Å². The van der Waals surface area contributed by atoms with Gasteiger partial charge in [0, 0.05) is 19.1 Å². The van der Waals surface area contributed by atoms with Gasteiger partial charge < -0.3 is 5.73 Å². The first kappa shape index (κ1) is 15.6. The number of rotatable bonds is 6. The summed E-state index contributed by atoms with van der Waals surface area (Å²) in [4.78, 5) is 2.21. The van der Waals surface area contributed by atoms with Crippen molar-refractivity contribution in [2.24, 2.45) is 11.7 Å². The van der Waals surface area contributed by atoms with E-state index in [9.17, 15) is 4.39 Å². The van der Waals surface area contributed by atoms with Crippen molar-refractivity contribution in [1.29, 1.82) is 0 Å². The molecule has 0 aliphatic heterocycles. The molecule has 0 bridgehead atoms. The molecule has 0 spiro atoms. The van der Waals surface area contributed by atoms with Crippen LogP contribution in [0.15, 0.2) is 22.7 Å². The Morgan fingerprint density at radius 3 is 2.61 bits per heavy atom. The van der Waals surface area contributed by atoms with E-state index in [1.54, 1.807) is 12.1 Å². The lowest BCUT2D eigenvalue weighted by atomic mass is 10.0. The van der Waals surface area contributed by atoms with E-state index >= 15 is 0 Å². The molecule has 2 atom stereocenters. The van der Waals surface area contributed by atoms with E-state index in [1.165, 1.54) is 0 Å². The smallest absolute Gasteiger partial charge is 0.137 e. The van der Waals surface area contributed by atoms with E-state index in [-0.39, 0.29) is 11.9 Å². The molecule has 102 valence electrons. The molecule has 0 amide bonds. The van der Waals surface area contributed by atoms with E-state index in [0.717, 1.165) is 18.5 Å². The van der Waals surface area contributed by atoms with Crippen LogP contribution in [0.2, 0.25) is 0 Å². The third kappa shape index (κ3) is 4.04. The summed E-state index contributed by atoms with van der Waals surface area (Å²) < 4.78 is 14.1. The van der Waals surface area contributed by atoms with E-state index in [4.69, 9.17) is 5.73 Å². The fourth-order valence-corrected chi connectivity index (χ4v) is 2.28. The molecule has 0 aliphatic rings. The Labute approximate surface area is 117 Å². The largest absolute Gasteiger partial charge is 0.329 e. The van der Waals surface area contributed by atoms with Crippen LogP contribution in [0.4, 0.5) is 4.39 Å². The average Bonchev–Trinajstić information content (AvgIpc) is 2.34. The van der Waals surface area contributed by atoms with Crippen LogP contribution >= 0.6 is 15.9 Å². The minimum Gasteiger partial charge on any atom is -0.329 e. The van der Waals surface area contributed by atoms with Crippen LogP contribution in [0.1, 0.15) is 31.9 Å². The van der Waals surface area contributed by atoms with Crippen LogP contribution in [-0.4, -0.2) is 25.0 Å². The lowest BCUT2D eigenvalue weighted by Crippen LogP contribution is -2.33. The first-order valence-electron chi connectivity index (χ1n) is 6.34. The second-order valence-corrected chi connectivity index (χ2v) is 5.73. The molecule has 2 unspecified atom stereocenters. The Morgan fingerprint density at radius 2 is 2.11 bits per heavy atom. The summed E-state index contributed by atoms with van der Waals surface area (Å²) >= 11 is 3.17. The first-order chi connectivity index (χ1) is 8.49. The zero-order valence-corrected chi connectivity index (χ0v) is 12.9. The number of halogens is 2. The molecule has 0 aliphatic carbocycles. The highest BCUT2D eigenvalue weighted by atomic mass is 79.9. The Morgan fingerprint density at radius 1 is 1.44 bits per heavy atom. The molecular weight excluding hydrogens is 295 g/mol. The number of likely N-dealkylation sites (N-methyl/N-ethyl adjacent to an activating group) is 1. The van der Waals surface area contributed by atoms with E-state index in [1.807, 2.05) is 13.1 Å². The van der Waals surface area contributed by atoms with Crippen molar-refractivity contribution in [1.82, 2.24) is 4.90 Å². The summed E-state index contributed by atoms with van der Waals surface area (Å²) in [6.07, 6.45) is 1.14. The highest BCUT2D eigenvalue weighted by Crippen LogP contribution is 2.24. The van der Waals surface area contributed by atoms with Crippen molar-refractivity contribution < 1.29 is 4.39 Å². The van der Waals surface area contributed by atoms with Crippen molar-refractivity contribution in [2.45, 2.75) is 26.3 Å². The summed E-state index contributed by atoms with van der Waals surface area (Å²) in [6, 6.07) is 5.30. The highest BCUT2D eigenvalue weighted by molar-refractivity contribution is 9.10. The molecule has 0 saturated carbocycles. The van der Waals surface area contributed by atoms with Crippen molar-refractivity contribution >= 4 is 15.9 Å². The predicted octanol–water partition coefficient (Wildman–Crippen LogP) is 3.57. The molecule has 0 radical (unpaired) electrons. The van der Waals surface area contributed by atoms with Gasteiger partial charge in [-0.15, -0.1) is 0 Å². The number of nitrogens with zero attached hydrogens (tertiary/aromatic N) is 1. The SMILES string of the molecule is CCC(C)CN(C)C(CN)c1ccc(Br)c(F)c1. The van der Waals surface area contributed by atoms with E-state index in [0.29, 0.717) is 16.9 Å². The van der Waals surface area contributed by atoms with Gasteiger partial charge in [-0.3, -0.25) is 4.90 Å². The van der Waals surface area contributed by atoms with E-state index < -0.39 is 0 Å². The molecule has 0 saturated heterocycles. The fraction of sp³-hybridized carbons (Fsp3) is 0.571. The lowest BCUT2D eigenvalue weighted by molar-refractivity contribution is 0.215. The van der Waals surface area contributed by atoms with Gasteiger partial charge in [-0.25, -0.2) is 4.39 Å². The van der Waals surface area contributed by atoms with Crippen molar-refractivity contribution in [3.63, 3.8) is 0 Å². The van der Waals surface area contributed by atoms with Crippen LogP contribution in [-0.2, 0) is 0 Å². The molecule has 0 heterocycles. The molecule has 1 aromatic rings. The molecule has 1 aromatic carbocycles. The Bertz CT molecular complexity index is 384. The summed E-state index contributed by atoms with van der Waals surface area (Å²) in [7, 11) is 2.05. The Balaban J connectivity index is 2.84. The van der Waals surface area contributed by atoms with Gasteiger partial charge in [0.2, 0.25) is 0 Å². The minimum absolute atomic E-state index is 0.0709. The minimum atomic E-state index is -0.233. The maximum absolute atomic E-state index is 13.6. The number of hydrogen-bond donors (Lipinski definition) is 1. The third-order valence-corrected chi connectivity index (χ3v) is 4.02. The Kier molecular flexibility index (Phi) is 6.26. The molecule has 0 aromatic heterocycles. The first-order valence-corrected chi connectivity index (χ1v) is 7.14. The normalized spacial score (nSPS) is 14.8. The molecule has 18 heavy (non-hydrogen) atoms. The number of benzene rings is 1. The monoisotopic (exact) mass is 316 g/mol. The van der Waals surface area contributed by atoms with Crippen molar-refractivity contribution in [2.75, 3.05) is 20.1 Å². The van der Waals surface area contributed by atoms with Crippen LogP contribution in [0.5, 0.6) is 0 Å². The quantitative estimate of drug-likeness (QED) is 0.869. The molecule has 1 rings (SSSR count). The number of hydrogen-bond acceptors (Lipinski definition) is 2. The summed E-state index contributed by atoms with van der Waals surface area (Å²) in [6.45, 7) is 5.85. The van der Waals surface area contributed by atoms with Gasteiger partial charge in [-0.05, 0) is 46.6 Å². The van der Waals surface area contributed by atoms with Crippen LogP contribution in [0, 0.1) is 11.7 Å². The van der Waals surface area contributed by atoms with Gasteiger partial charge in [0.25, 0.3) is 0 Å². The molecule has 2 N–H and O–H groups in total. The molecule has 4 heteroatoms. The zero-order chi connectivity index (χ0) is 13.7. The lowest BCUT2D eigenvalue weighted by Gasteiger charge is -2.29. The summed E-state index contributed by atoms with van der Waals surface area (Å²) in [5, 5.41) is 0. The molecular formula is C14H22BrFN2. The Hall–Kier alpha value is -0.450. The summed E-state index contributed by atoms with van der Waals surface area (Å²) in [5.41, 5.74) is 6.77. The van der Waals surface area contributed by atoms with Crippen molar-refractivity contribution in [3.8, 4) is 0 Å². The van der Waals surface area contributed by atoms with Gasteiger partial charge in [-0.1, -0.05) is 26.3 Å². The second-order valence-electron chi connectivity index (χ2n) is 4.88. The van der Waals surface area contributed by atoms with Crippen molar-refractivity contribution in [3.05, 3.63) is 34.1 Å². The van der Waals surface area contributed by atoms with Gasteiger partial charge >= 0.3 is 0 Å². The summed E-state index contributed by atoms with van der Waals surface area (Å²) in [5.74, 6) is 0.382. The second kappa shape index (κ2) is 7.22. The zero-order valence-electron chi connectivity index (χ0n) is 11.3. The van der Waals surface area contributed by atoms with Crippen LogP contribution in [0.25, 0.3) is 0 Å². The molecule has 2 nitrogen and oxygen atoms in total. The van der Waals surface area contributed by atoms with Gasteiger partial charge in [-0.2, -0.15) is 0 Å². The average molecular weight is 317 g/mol. The van der Waals surface area contributed by atoms with Gasteiger partial charge in [0.15, 0.2) is 0 Å². The van der Waals surface area contributed by atoms with E-state index in [2.05, 4.69) is 34.7 Å². The van der Waals surface area contributed by atoms with Crippen LogP contribution < -0.4 is 5.73 Å². The molecule has 0 fully saturated rings. The standard InChI is InChI=1S/C14H22BrFN2/c1-4-10(2)9-18(3)14(8-17)11-5-6-12(15)13(16)7-11/h5-7,10,14H,4,8-9,17H2,1-3H3. The maximum Gasteiger partial charge on any atom is 0.137 e.